The van der Waals surface area contributed by atoms with Gasteiger partial charge in [-0.1, -0.05) is 13.0 Å². The third-order valence-electron chi connectivity index (χ3n) is 3.84. The SMILES string of the molecule is COc1cc(C)cc(C)c1C1(O)CCCSC1C. The summed E-state index contributed by atoms with van der Waals surface area (Å²) in [4.78, 5) is 0. The fraction of sp³-hybridized carbons (Fsp3) is 0.600. The van der Waals surface area contributed by atoms with Crippen LogP contribution in [0.15, 0.2) is 12.1 Å². The van der Waals surface area contributed by atoms with E-state index in [1.807, 2.05) is 17.8 Å². The molecule has 1 aromatic carbocycles. The van der Waals surface area contributed by atoms with Crippen molar-refractivity contribution in [2.75, 3.05) is 12.9 Å². The van der Waals surface area contributed by atoms with Gasteiger partial charge in [-0.15, -0.1) is 0 Å². The number of aliphatic hydroxyl groups is 1. The van der Waals surface area contributed by atoms with E-state index in [-0.39, 0.29) is 5.25 Å². The predicted molar refractivity (Wildman–Crippen MR) is 77.5 cm³/mol. The van der Waals surface area contributed by atoms with Crippen molar-refractivity contribution in [1.82, 2.24) is 0 Å². The molecule has 0 bridgehead atoms. The normalized spacial score (nSPS) is 28.2. The van der Waals surface area contributed by atoms with Crippen LogP contribution in [0, 0.1) is 13.8 Å². The lowest BCUT2D eigenvalue weighted by Crippen LogP contribution is -2.39. The van der Waals surface area contributed by atoms with E-state index in [9.17, 15) is 5.11 Å². The molecule has 2 nitrogen and oxygen atoms in total. The summed E-state index contributed by atoms with van der Waals surface area (Å²) in [5.41, 5.74) is 2.53. The second-order valence-corrected chi connectivity index (χ2v) is 6.65. The van der Waals surface area contributed by atoms with Crippen LogP contribution in [-0.4, -0.2) is 23.2 Å². The summed E-state index contributed by atoms with van der Waals surface area (Å²) in [6.07, 6.45) is 1.88. The lowest BCUT2D eigenvalue weighted by molar-refractivity contribution is 0.0225. The predicted octanol–water partition coefficient (Wildman–Crippen LogP) is 3.42. The molecular weight excluding hydrogens is 244 g/mol. The summed E-state index contributed by atoms with van der Waals surface area (Å²) >= 11 is 1.85. The lowest BCUT2D eigenvalue weighted by atomic mass is 9.82. The van der Waals surface area contributed by atoms with Crippen LogP contribution in [0.1, 0.15) is 36.5 Å². The zero-order valence-electron chi connectivity index (χ0n) is 11.6. The van der Waals surface area contributed by atoms with Gasteiger partial charge in [-0.2, -0.15) is 11.8 Å². The third kappa shape index (κ3) is 2.26. The van der Waals surface area contributed by atoms with E-state index in [1.54, 1.807) is 7.11 Å². The molecule has 2 unspecified atom stereocenters. The number of methoxy groups -OCH3 is 1. The molecule has 18 heavy (non-hydrogen) atoms. The first-order valence-corrected chi connectivity index (χ1v) is 7.53. The van der Waals surface area contributed by atoms with E-state index < -0.39 is 5.60 Å². The average molecular weight is 266 g/mol. The third-order valence-corrected chi connectivity index (χ3v) is 5.25. The van der Waals surface area contributed by atoms with Crippen LogP contribution in [0.5, 0.6) is 5.75 Å². The first-order valence-electron chi connectivity index (χ1n) is 6.48. The van der Waals surface area contributed by atoms with Gasteiger partial charge >= 0.3 is 0 Å². The first-order chi connectivity index (χ1) is 8.49. The van der Waals surface area contributed by atoms with Crippen LogP contribution in [0.2, 0.25) is 0 Å². The number of hydrogen-bond donors (Lipinski definition) is 1. The molecule has 0 amide bonds. The van der Waals surface area contributed by atoms with E-state index in [4.69, 9.17) is 4.74 Å². The van der Waals surface area contributed by atoms with Crippen LogP contribution in [0.4, 0.5) is 0 Å². The zero-order valence-corrected chi connectivity index (χ0v) is 12.4. The number of thioether (sulfide) groups is 1. The topological polar surface area (TPSA) is 29.5 Å². The summed E-state index contributed by atoms with van der Waals surface area (Å²) in [7, 11) is 1.68. The molecule has 1 fully saturated rings. The highest BCUT2D eigenvalue weighted by molar-refractivity contribution is 8.00. The quantitative estimate of drug-likeness (QED) is 0.889. The largest absolute Gasteiger partial charge is 0.496 e. The monoisotopic (exact) mass is 266 g/mol. The average Bonchev–Trinajstić information content (AvgIpc) is 2.31. The summed E-state index contributed by atoms with van der Waals surface area (Å²) in [6.45, 7) is 6.24. The van der Waals surface area contributed by atoms with Crippen molar-refractivity contribution in [3.05, 3.63) is 28.8 Å². The highest BCUT2D eigenvalue weighted by Gasteiger charge is 2.41. The molecule has 1 heterocycles. The smallest absolute Gasteiger partial charge is 0.125 e. The molecule has 2 atom stereocenters. The Labute approximate surface area is 114 Å². The van der Waals surface area contributed by atoms with Gasteiger partial charge in [0.25, 0.3) is 0 Å². The van der Waals surface area contributed by atoms with Crippen LogP contribution in [0.3, 0.4) is 0 Å². The molecule has 0 spiro atoms. The van der Waals surface area contributed by atoms with Gasteiger partial charge in [-0.3, -0.25) is 0 Å². The van der Waals surface area contributed by atoms with Gasteiger partial charge in [0, 0.05) is 10.8 Å². The number of rotatable bonds is 2. The van der Waals surface area contributed by atoms with Gasteiger partial charge in [0.2, 0.25) is 0 Å². The molecule has 0 aliphatic carbocycles. The summed E-state index contributed by atoms with van der Waals surface area (Å²) in [5.74, 6) is 1.96. The Balaban J connectivity index is 2.55. The van der Waals surface area contributed by atoms with Crippen LogP contribution in [-0.2, 0) is 5.60 Å². The molecule has 1 aromatic rings. The van der Waals surface area contributed by atoms with Crippen LogP contribution >= 0.6 is 11.8 Å². The van der Waals surface area contributed by atoms with Crippen LogP contribution < -0.4 is 4.74 Å². The lowest BCUT2D eigenvalue weighted by Gasteiger charge is -2.39. The van der Waals surface area contributed by atoms with E-state index in [1.165, 1.54) is 5.56 Å². The maximum Gasteiger partial charge on any atom is 0.125 e. The Morgan fingerprint density at radius 3 is 2.72 bits per heavy atom. The minimum absolute atomic E-state index is 0.210. The number of benzene rings is 1. The van der Waals surface area contributed by atoms with Crippen LogP contribution in [0.25, 0.3) is 0 Å². The number of ether oxygens (including phenoxy) is 1. The van der Waals surface area contributed by atoms with Crippen molar-refractivity contribution in [1.29, 1.82) is 0 Å². The second kappa shape index (κ2) is 5.14. The Kier molecular flexibility index (Phi) is 3.93. The molecule has 0 radical (unpaired) electrons. The van der Waals surface area contributed by atoms with Gasteiger partial charge in [0.1, 0.15) is 11.4 Å². The van der Waals surface area contributed by atoms with Crippen molar-refractivity contribution in [3.8, 4) is 5.75 Å². The summed E-state index contributed by atoms with van der Waals surface area (Å²) in [6, 6.07) is 4.15. The fourth-order valence-electron chi connectivity index (χ4n) is 2.92. The molecule has 1 aliphatic rings. The van der Waals surface area contributed by atoms with Crippen molar-refractivity contribution in [2.24, 2.45) is 0 Å². The summed E-state index contributed by atoms with van der Waals surface area (Å²) in [5, 5.41) is 11.3. The zero-order chi connectivity index (χ0) is 13.3. The molecule has 1 aliphatic heterocycles. The first kappa shape index (κ1) is 13.8. The molecule has 1 N–H and O–H groups in total. The van der Waals surface area contributed by atoms with Crippen molar-refractivity contribution >= 4 is 11.8 Å². The Bertz CT molecular complexity index is 444. The van der Waals surface area contributed by atoms with E-state index in [2.05, 4.69) is 26.8 Å². The Morgan fingerprint density at radius 2 is 2.11 bits per heavy atom. The van der Waals surface area contributed by atoms with Gasteiger partial charge in [0.05, 0.1) is 7.11 Å². The number of aryl methyl sites for hydroxylation is 2. The molecular formula is C15H22O2S. The second-order valence-electron chi connectivity index (χ2n) is 5.20. The maximum absolute atomic E-state index is 11.1. The number of hydrogen-bond acceptors (Lipinski definition) is 3. The van der Waals surface area contributed by atoms with E-state index in [0.29, 0.717) is 0 Å². The highest BCUT2D eigenvalue weighted by atomic mass is 32.2. The molecule has 3 heteroatoms. The molecule has 1 saturated heterocycles. The standard InChI is InChI=1S/C15H22O2S/c1-10-8-11(2)14(13(9-10)17-4)15(16)6-5-7-18-12(15)3/h8-9,12,16H,5-7H2,1-4H3. The summed E-state index contributed by atoms with van der Waals surface area (Å²) < 4.78 is 5.50. The molecule has 0 saturated carbocycles. The molecule has 100 valence electrons. The van der Waals surface area contributed by atoms with Gasteiger partial charge < -0.3 is 9.84 Å². The Morgan fingerprint density at radius 1 is 1.39 bits per heavy atom. The molecule has 0 aromatic heterocycles. The maximum atomic E-state index is 11.1. The van der Waals surface area contributed by atoms with Gasteiger partial charge in [-0.05, 0) is 49.6 Å². The fourth-order valence-corrected chi connectivity index (χ4v) is 4.09. The van der Waals surface area contributed by atoms with Gasteiger partial charge in [-0.25, -0.2) is 0 Å². The van der Waals surface area contributed by atoms with Crippen molar-refractivity contribution in [2.45, 2.75) is 44.5 Å². The highest BCUT2D eigenvalue weighted by Crippen LogP contribution is 2.46. The molecule has 2 rings (SSSR count). The van der Waals surface area contributed by atoms with E-state index >= 15 is 0 Å². The van der Waals surface area contributed by atoms with Crippen molar-refractivity contribution < 1.29 is 9.84 Å². The minimum atomic E-state index is -0.758. The van der Waals surface area contributed by atoms with Gasteiger partial charge in [0.15, 0.2) is 0 Å². The minimum Gasteiger partial charge on any atom is -0.496 e. The van der Waals surface area contributed by atoms with Crippen molar-refractivity contribution in [3.63, 3.8) is 0 Å². The van der Waals surface area contributed by atoms with E-state index in [0.717, 1.165) is 35.5 Å². The Hall–Kier alpha value is -0.670.